The number of aliphatic carboxylic acids is 1. The van der Waals surface area contributed by atoms with Crippen molar-refractivity contribution in [2.45, 2.75) is 56.8 Å². The second-order valence-corrected chi connectivity index (χ2v) is 11.7. The number of carboxylic acids is 1. The number of hydrogen-bond acceptors (Lipinski definition) is 2. The molecule has 156 valence electrons. The molecule has 0 spiro atoms. The molecular weight excluding hydrogens is 388 g/mol. The van der Waals surface area contributed by atoms with Crippen LogP contribution in [0, 0.1) is 5.92 Å². The van der Waals surface area contributed by atoms with Crippen LogP contribution >= 0.6 is 21.8 Å². The Hall–Kier alpha value is -1.46. The summed E-state index contributed by atoms with van der Waals surface area (Å²) in [6.07, 6.45) is 11.4. The van der Waals surface area contributed by atoms with Gasteiger partial charge in [0.05, 0.1) is 6.42 Å². The quantitative estimate of drug-likeness (QED) is 0.267. The molecule has 0 saturated heterocycles. The number of carbonyl (C=O) groups is 2. The highest BCUT2D eigenvalue weighted by molar-refractivity contribution is 8.29. The largest absolute Gasteiger partial charge is 0.481 e. The van der Waals surface area contributed by atoms with Gasteiger partial charge in [0.25, 0.3) is 0 Å². The molecule has 1 aromatic carbocycles. The van der Waals surface area contributed by atoms with E-state index in [4.69, 9.17) is 5.11 Å². The van der Waals surface area contributed by atoms with Crippen molar-refractivity contribution in [3.63, 3.8) is 0 Å². The lowest BCUT2D eigenvalue weighted by Gasteiger charge is -2.23. The molecular formula is C23H34O3S2. The molecule has 5 heteroatoms. The number of benzene rings is 1. The van der Waals surface area contributed by atoms with E-state index < -0.39 is 16.9 Å². The van der Waals surface area contributed by atoms with E-state index in [2.05, 4.69) is 23.0 Å². The van der Waals surface area contributed by atoms with Crippen LogP contribution < -0.4 is 0 Å². The van der Waals surface area contributed by atoms with Crippen LogP contribution in [-0.2, 0) is 9.59 Å². The van der Waals surface area contributed by atoms with Gasteiger partial charge in [0, 0.05) is 5.92 Å². The predicted molar refractivity (Wildman–Crippen MR) is 125 cm³/mol. The van der Waals surface area contributed by atoms with Crippen LogP contribution in [0.4, 0.5) is 0 Å². The van der Waals surface area contributed by atoms with Gasteiger partial charge >= 0.3 is 5.97 Å². The highest BCUT2D eigenvalue weighted by Crippen LogP contribution is 2.41. The number of hydrogen-bond donors (Lipinski definition) is 3. The van der Waals surface area contributed by atoms with E-state index in [0.717, 1.165) is 17.7 Å². The van der Waals surface area contributed by atoms with Crippen LogP contribution in [0.2, 0.25) is 0 Å². The predicted octanol–water partition coefficient (Wildman–Crippen LogP) is 6.07. The molecule has 0 aromatic heterocycles. The van der Waals surface area contributed by atoms with Crippen LogP contribution in [0.3, 0.4) is 0 Å². The Labute approximate surface area is 175 Å². The highest BCUT2D eigenvalue weighted by atomic mass is 32.2. The average Bonchev–Trinajstić information content (AvgIpc) is 3.21. The van der Waals surface area contributed by atoms with Gasteiger partial charge in [0.1, 0.15) is 0 Å². The Morgan fingerprint density at radius 3 is 2.32 bits per heavy atom. The monoisotopic (exact) mass is 422 g/mol. The summed E-state index contributed by atoms with van der Waals surface area (Å²) < 4.78 is 0. The van der Waals surface area contributed by atoms with Crippen molar-refractivity contribution in [2.75, 3.05) is 11.5 Å². The van der Waals surface area contributed by atoms with Crippen molar-refractivity contribution in [1.29, 1.82) is 0 Å². The second kappa shape index (κ2) is 12.9. The molecule has 0 amide bonds. The first-order valence-electron chi connectivity index (χ1n) is 10.3. The highest BCUT2D eigenvalue weighted by Gasteiger charge is 2.22. The minimum atomic E-state index is -1.05. The van der Waals surface area contributed by atoms with Gasteiger partial charge in [0.2, 0.25) is 0 Å². The summed E-state index contributed by atoms with van der Waals surface area (Å²) >= 11 is 0. The lowest BCUT2D eigenvalue weighted by Crippen LogP contribution is -2.15. The normalized spacial score (nSPS) is 16.9. The van der Waals surface area contributed by atoms with Gasteiger partial charge in [-0.3, -0.25) is 9.59 Å². The lowest BCUT2D eigenvalue weighted by atomic mass is 10.0. The van der Waals surface area contributed by atoms with Crippen molar-refractivity contribution >= 4 is 32.9 Å². The van der Waals surface area contributed by atoms with Gasteiger partial charge in [0.15, 0.2) is 5.12 Å². The fourth-order valence-electron chi connectivity index (χ4n) is 3.37. The maximum Gasteiger partial charge on any atom is 0.304 e. The van der Waals surface area contributed by atoms with Gasteiger partial charge < -0.3 is 5.11 Å². The number of allylic oxidation sites excluding steroid dienone is 2. The van der Waals surface area contributed by atoms with Crippen LogP contribution in [0.15, 0.2) is 58.2 Å². The van der Waals surface area contributed by atoms with E-state index >= 15 is 0 Å². The molecule has 2 unspecified atom stereocenters. The summed E-state index contributed by atoms with van der Waals surface area (Å²) in [5.74, 6) is 0.942. The van der Waals surface area contributed by atoms with Crippen molar-refractivity contribution < 1.29 is 14.7 Å². The summed E-state index contributed by atoms with van der Waals surface area (Å²) in [5.41, 5.74) is 0. The Balaban J connectivity index is 1.70. The Morgan fingerprint density at radius 2 is 1.64 bits per heavy atom. The number of rotatable bonds is 13. The Morgan fingerprint density at radius 1 is 1.00 bits per heavy atom. The molecule has 28 heavy (non-hydrogen) atoms. The van der Waals surface area contributed by atoms with E-state index in [1.165, 1.54) is 31.4 Å². The summed E-state index contributed by atoms with van der Waals surface area (Å²) in [6.45, 7) is 2.02. The first kappa shape index (κ1) is 22.8. The summed E-state index contributed by atoms with van der Waals surface area (Å²) in [7, 11) is -1.03. The molecule has 1 aromatic rings. The fourth-order valence-corrected chi connectivity index (χ4v) is 7.33. The molecule has 1 N–H and O–H groups in total. The zero-order chi connectivity index (χ0) is 20.2. The van der Waals surface area contributed by atoms with Crippen molar-refractivity contribution in [3.8, 4) is 0 Å². The molecule has 1 aliphatic heterocycles. The van der Waals surface area contributed by atoms with Crippen molar-refractivity contribution in [3.05, 3.63) is 53.3 Å². The van der Waals surface area contributed by atoms with Crippen LogP contribution in [-0.4, -0.2) is 27.7 Å². The third-order valence-corrected chi connectivity index (χ3v) is 9.53. The maximum atomic E-state index is 13.0. The molecule has 0 aliphatic carbocycles. The van der Waals surface area contributed by atoms with E-state index in [0.29, 0.717) is 5.75 Å². The molecule has 1 aliphatic rings. The fraction of sp³-hybridized carbons (Fsp3) is 0.478. The Bertz CT molecular complexity index is 658. The zero-order valence-electron chi connectivity index (χ0n) is 16.8. The molecule has 2 rings (SSSR count). The van der Waals surface area contributed by atoms with Crippen LogP contribution in [0.1, 0.15) is 51.9 Å². The first-order chi connectivity index (χ1) is 13.6. The minimum Gasteiger partial charge on any atom is -0.481 e. The SMILES string of the molecule is CC(CCCCCCC[SH]1C=CC=C1)C(=O)[SH](CCC(=O)O)c1ccccc1. The molecule has 3 nitrogen and oxygen atoms in total. The number of carbonyl (C=O) groups excluding carboxylic acids is 1. The molecule has 2 atom stereocenters. The third kappa shape index (κ3) is 8.27. The third-order valence-electron chi connectivity index (χ3n) is 5.02. The molecule has 0 radical (unpaired) electrons. The van der Waals surface area contributed by atoms with Gasteiger partial charge in [-0.1, -0.05) is 63.0 Å². The van der Waals surface area contributed by atoms with Crippen LogP contribution in [0.5, 0.6) is 0 Å². The van der Waals surface area contributed by atoms with Crippen molar-refractivity contribution in [1.82, 2.24) is 0 Å². The molecule has 0 bridgehead atoms. The smallest absolute Gasteiger partial charge is 0.304 e. The molecule has 0 fully saturated rings. The maximum absolute atomic E-state index is 13.0. The van der Waals surface area contributed by atoms with Crippen molar-refractivity contribution in [2.24, 2.45) is 5.92 Å². The van der Waals surface area contributed by atoms with Gasteiger partial charge in [-0.25, -0.2) is 10.9 Å². The summed E-state index contributed by atoms with van der Waals surface area (Å²) in [4.78, 5) is 25.0. The first-order valence-corrected chi connectivity index (χ1v) is 13.5. The zero-order valence-corrected chi connectivity index (χ0v) is 18.6. The number of carboxylic acid groups (broad SMARTS) is 1. The van der Waals surface area contributed by atoms with E-state index in [1.54, 1.807) is 0 Å². The van der Waals surface area contributed by atoms with Gasteiger partial charge in [-0.05, 0) is 52.2 Å². The summed E-state index contributed by atoms with van der Waals surface area (Å²) in [5, 5.41) is 14.0. The Kier molecular flexibility index (Phi) is 10.5. The molecule has 0 saturated carbocycles. The standard InChI is InChI=1S/C23H34O3S2/c1-20(12-6-3-2-4-9-16-27-17-10-11-18-27)23(26)28(19-15-22(24)25)21-13-7-5-8-14-21/h5,7-8,10-11,13-14,17-18,20,27-28H,2-4,6,9,12,15-16,19H2,1H3,(H,24,25). The average molecular weight is 423 g/mol. The topological polar surface area (TPSA) is 54.4 Å². The number of thiol groups is 2. The van der Waals surface area contributed by atoms with E-state index in [-0.39, 0.29) is 28.3 Å². The second-order valence-electron chi connectivity index (χ2n) is 7.35. The van der Waals surface area contributed by atoms with Crippen LogP contribution in [0.25, 0.3) is 0 Å². The van der Waals surface area contributed by atoms with Gasteiger partial charge in [-0.15, -0.1) is 0 Å². The van der Waals surface area contributed by atoms with Gasteiger partial charge in [-0.2, -0.15) is 10.9 Å². The minimum absolute atomic E-state index is 0.0114. The molecule has 1 heterocycles. The number of unbranched alkanes of at least 4 members (excludes halogenated alkanes) is 4. The summed E-state index contributed by atoms with van der Waals surface area (Å²) in [6, 6.07) is 9.73. The van der Waals surface area contributed by atoms with E-state index in [9.17, 15) is 9.59 Å². The lowest BCUT2D eigenvalue weighted by molar-refractivity contribution is -0.136. The van der Waals surface area contributed by atoms with E-state index in [1.807, 2.05) is 37.3 Å².